The number of nitrogens with one attached hydrogen (secondary N) is 1. The van der Waals surface area contributed by atoms with Crippen LogP contribution in [0.25, 0.3) is 11.4 Å². The molecule has 0 aliphatic heterocycles. The summed E-state index contributed by atoms with van der Waals surface area (Å²) in [6.45, 7) is 3.12. The summed E-state index contributed by atoms with van der Waals surface area (Å²) in [4.78, 5) is 13.2. The zero-order valence-electron chi connectivity index (χ0n) is 12.0. The van der Waals surface area contributed by atoms with E-state index in [9.17, 15) is 0 Å². The fourth-order valence-electron chi connectivity index (χ4n) is 2.23. The first kappa shape index (κ1) is 13.7. The number of nitriles is 1. The predicted octanol–water partition coefficient (Wildman–Crippen LogP) is 2.47. The molecule has 21 heavy (non-hydrogen) atoms. The van der Waals surface area contributed by atoms with Crippen molar-refractivity contribution in [2.24, 2.45) is 5.92 Å². The van der Waals surface area contributed by atoms with Crippen molar-refractivity contribution in [3.05, 3.63) is 42.0 Å². The topological polar surface area (TPSA) is 74.5 Å². The van der Waals surface area contributed by atoms with Gasteiger partial charge in [0.15, 0.2) is 0 Å². The van der Waals surface area contributed by atoms with Gasteiger partial charge in [-0.05, 0) is 44.4 Å². The molecule has 0 saturated heterocycles. The fourth-order valence-corrected chi connectivity index (χ4v) is 2.23. The van der Waals surface area contributed by atoms with Crippen molar-refractivity contribution in [1.29, 1.82) is 5.26 Å². The number of hydrogen-bond acceptors (Lipinski definition) is 5. The Morgan fingerprint density at radius 3 is 2.76 bits per heavy atom. The molecule has 1 N–H and O–H groups in total. The average Bonchev–Trinajstić information content (AvgIpc) is 3.37. The number of aromatic nitrogens is 3. The standard InChI is InChI=1S/C16H17N5/c1-11(20-9-12-2-3-12)15-16(19-7-6-18-15)14-5-4-13(8-17)10-21-14/h4-7,10-12,20H,2-3,9H2,1H3. The van der Waals surface area contributed by atoms with Crippen molar-refractivity contribution in [2.45, 2.75) is 25.8 Å². The molecule has 3 rings (SSSR count). The molecular formula is C16H17N5. The monoisotopic (exact) mass is 279 g/mol. The van der Waals surface area contributed by atoms with E-state index in [4.69, 9.17) is 5.26 Å². The van der Waals surface area contributed by atoms with Gasteiger partial charge in [0.25, 0.3) is 0 Å². The summed E-state index contributed by atoms with van der Waals surface area (Å²) in [5.74, 6) is 0.820. The molecule has 5 nitrogen and oxygen atoms in total. The molecule has 2 aromatic rings. The summed E-state index contributed by atoms with van der Waals surface area (Å²) in [5, 5.41) is 12.4. The van der Waals surface area contributed by atoms with Crippen LogP contribution in [0.2, 0.25) is 0 Å². The van der Waals surface area contributed by atoms with Crippen LogP contribution in [0.4, 0.5) is 0 Å². The maximum atomic E-state index is 8.84. The van der Waals surface area contributed by atoms with E-state index in [2.05, 4.69) is 33.3 Å². The van der Waals surface area contributed by atoms with E-state index in [-0.39, 0.29) is 6.04 Å². The molecule has 1 saturated carbocycles. The highest BCUT2D eigenvalue weighted by molar-refractivity contribution is 5.58. The molecule has 0 spiro atoms. The lowest BCUT2D eigenvalue weighted by Gasteiger charge is -2.15. The van der Waals surface area contributed by atoms with Crippen LogP contribution < -0.4 is 5.32 Å². The number of nitrogens with zero attached hydrogens (tertiary/aromatic N) is 4. The molecule has 1 aliphatic carbocycles. The zero-order chi connectivity index (χ0) is 14.7. The second-order valence-corrected chi connectivity index (χ2v) is 5.41. The molecular weight excluding hydrogens is 262 g/mol. The Morgan fingerprint density at radius 2 is 2.10 bits per heavy atom. The van der Waals surface area contributed by atoms with Crippen molar-refractivity contribution in [2.75, 3.05) is 6.54 Å². The van der Waals surface area contributed by atoms with Crippen LogP contribution in [0.15, 0.2) is 30.7 Å². The largest absolute Gasteiger partial charge is 0.309 e. The smallest absolute Gasteiger partial charge is 0.112 e. The maximum absolute atomic E-state index is 8.84. The van der Waals surface area contributed by atoms with E-state index in [1.54, 1.807) is 24.7 Å². The molecule has 2 heterocycles. The Kier molecular flexibility index (Phi) is 3.89. The molecule has 106 valence electrons. The summed E-state index contributed by atoms with van der Waals surface area (Å²) in [6, 6.07) is 5.78. The van der Waals surface area contributed by atoms with Crippen molar-refractivity contribution < 1.29 is 0 Å². The minimum absolute atomic E-state index is 0.131. The minimum atomic E-state index is 0.131. The second-order valence-electron chi connectivity index (χ2n) is 5.41. The van der Waals surface area contributed by atoms with Gasteiger partial charge in [0.2, 0.25) is 0 Å². The number of pyridine rings is 1. The third-order valence-corrected chi connectivity index (χ3v) is 3.68. The van der Waals surface area contributed by atoms with E-state index in [1.165, 1.54) is 12.8 Å². The highest BCUT2D eigenvalue weighted by Crippen LogP contribution is 2.29. The fraction of sp³-hybridized carbons (Fsp3) is 0.375. The number of rotatable bonds is 5. The zero-order valence-corrected chi connectivity index (χ0v) is 12.0. The quantitative estimate of drug-likeness (QED) is 0.910. The minimum Gasteiger partial charge on any atom is -0.309 e. The molecule has 1 fully saturated rings. The van der Waals surface area contributed by atoms with Gasteiger partial charge in [-0.25, -0.2) is 0 Å². The van der Waals surface area contributed by atoms with Gasteiger partial charge in [-0.15, -0.1) is 0 Å². The van der Waals surface area contributed by atoms with E-state index >= 15 is 0 Å². The highest BCUT2D eigenvalue weighted by Gasteiger charge is 2.23. The first-order valence-corrected chi connectivity index (χ1v) is 7.18. The number of hydrogen-bond donors (Lipinski definition) is 1. The molecule has 1 atom stereocenters. The second kappa shape index (κ2) is 5.98. The summed E-state index contributed by atoms with van der Waals surface area (Å²) in [7, 11) is 0. The Morgan fingerprint density at radius 1 is 1.29 bits per heavy atom. The molecule has 1 unspecified atom stereocenters. The van der Waals surface area contributed by atoms with E-state index in [0.717, 1.165) is 29.5 Å². The van der Waals surface area contributed by atoms with Crippen molar-refractivity contribution in [3.63, 3.8) is 0 Å². The lowest BCUT2D eigenvalue weighted by molar-refractivity contribution is 0.538. The first-order chi connectivity index (χ1) is 10.3. The highest BCUT2D eigenvalue weighted by atomic mass is 15.0. The molecule has 1 aliphatic rings. The normalized spacial score (nSPS) is 15.4. The van der Waals surface area contributed by atoms with Crippen LogP contribution in [0.1, 0.15) is 37.1 Å². The van der Waals surface area contributed by atoms with Crippen molar-refractivity contribution in [3.8, 4) is 17.5 Å². The summed E-state index contributed by atoms with van der Waals surface area (Å²) in [5.41, 5.74) is 2.97. The van der Waals surface area contributed by atoms with Gasteiger partial charge >= 0.3 is 0 Å². The van der Waals surface area contributed by atoms with Crippen LogP contribution in [0.3, 0.4) is 0 Å². The molecule has 0 aromatic carbocycles. The summed E-state index contributed by atoms with van der Waals surface area (Å²) in [6.07, 6.45) is 7.59. The van der Waals surface area contributed by atoms with Crippen LogP contribution >= 0.6 is 0 Å². The third kappa shape index (κ3) is 3.23. The predicted molar refractivity (Wildman–Crippen MR) is 79.1 cm³/mol. The van der Waals surface area contributed by atoms with Crippen LogP contribution in [-0.2, 0) is 0 Å². The average molecular weight is 279 g/mol. The maximum Gasteiger partial charge on any atom is 0.112 e. The van der Waals surface area contributed by atoms with Gasteiger partial charge in [-0.3, -0.25) is 15.0 Å². The van der Waals surface area contributed by atoms with Gasteiger partial charge < -0.3 is 5.32 Å². The first-order valence-electron chi connectivity index (χ1n) is 7.18. The Hall–Kier alpha value is -2.32. The lowest BCUT2D eigenvalue weighted by Crippen LogP contribution is -2.22. The van der Waals surface area contributed by atoms with Gasteiger partial charge in [0, 0.05) is 24.6 Å². The molecule has 2 aromatic heterocycles. The Bertz CT molecular complexity index is 655. The van der Waals surface area contributed by atoms with Gasteiger partial charge in [-0.1, -0.05) is 0 Å². The molecule has 0 bridgehead atoms. The van der Waals surface area contributed by atoms with Crippen molar-refractivity contribution in [1.82, 2.24) is 20.3 Å². The Balaban J connectivity index is 1.85. The van der Waals surface area contributed by atoms with Crippen LogP contribution in [0, 0.1) is 17.2 Å². The van der Waals surface area contributed by atoms with E-state index < -0.39 is 0 Å². The molecule has 0 radical (unpaired) electrons. The van der Waals surface area contributed by atoms with Crippen molar-refractivity contribution >= 4 is 0 Å². The molecule has 0 amide bonds. The van der Waals surface area contributed by atoms with Crippen LogP contribution in [0.5, 0.6) is 0 Å². The SMILES string of the molecule is CC(NCC1CC1)c1nccnc1-c1ccc(C#N)cn1. The molecule has 5 heteroatoms. The third-order valence-electron chi connectivity index (χ3n) is 3.68. The summed E-state index contributed by atoms with van der Waals surface area (Å²) < 4.78 is 0. The lowest BCUT2D eigenvalue weighted by atomic mass is 10.1. The van der Waals surface area contributed by atoms with Gasteiger partial charge in [-0.2, -0.15) is 5.26 Å². The van der Waals surface area contributed by atoms with Gasteiger partial charge in [0.1, 0.15) is 11.8 Å². The van der Waals surface area contributed by atoms with Gasteiger partial charge in [0.05, 0.1) is 17.0 Å². The van der Waals surface area contributed by atoms with E-state index in [1.807, 2.05) is 6.07 Å². The Labute approximate surface area is 124 Å². The summed E-state index contributed by atoms with van der Waals surface area (Å²) >= 11 is 0. The van der Waals surface area contributed by atoms with Crippen LogP contribution in [-0.4, -0.2) is 21.5 Å². The van der Waals surface area contributed by atoms with E-state index in [0.29, 0.717) is 5.56 Å².